The molecule has 10 aromatic carbocycles. The third-order valence-electron chi connectivity index (χ3n) is 24.1. The summed E-state index contributed by atoms with van der Waals surface area (Å²) in [5.41, 5.74) is 18.9. The Hall–Kier alpha value is -16.4. The average Bonchev–Trinajstić information content (AvgIpc) is 1.68. The molecule has 21 rings (SSSR count). The number of aromatic carboxylic acids is 1. The lowest BCUT2D eigenvalue weighted by Gasteiger charge is -2.29. The molecule has 8 aromatic heterocycles. The molecular formula is C105H92F5N17O8S. The number of carboxylic acids is 2. The van der Waals surface area contributed by atoms with Crippen molar-refractivity contribution in [1.29, 1.82) is 0 Å². The summed E-state index contributed by atoms with van der Waals surface area (Å²) in [5.74, 6) is -4.25. The summed E-state index contributed by atoms with van der Waals surface area (Å²) < 4.78 is 112. The highest BCUT2D eigenvalue weighted by Gasteiger charge is 2.36. The number of nitrogens with one attached hydrogen (secondary N) is 1. The highest BCUT2D eigenvalue weighted by molar-refractivity contribution is 7.92. The number of nitrogens with zero attached hydrogens (tertiary/aromatic N) is 16. The number of fused-ring (bicyclic) bond motifs is 5. The summed E-state index contributed by atoms with van der Waals surface area (Å²) in [6.45, 7) is 1.97. The van der Waals surface area contributed by atoms with E-state index in [-0.39, 0.29) is 66.0 Å². The number of benzene rings is 10. The second-order valence-corrected chi connectivity index (χ2v) is 35.3. The van der Waals surface area contributed by atoms with Crippen LogP contribution in [0.1, 0.15) is 83.3 Å². The SMILES string of the molecule is Cn1cc(-c2ccc(CN3C(=O)CCc4ccccc43)c(F)c2)cn1.Cn1cc(-c2ccc(CN3CC(C(=O)O)c4ccccc43)c(F)c2)cn1.Cn1cc(-c2ccc(CN3c4ccccc4CS3(=O)=O)c(F)c2)cn1.Cn1cc(-c2ccc(Cn3cc(C(=O)NCCc4ccccn4)c4ccccc43)c(F)c2)cn1.Cn1cc(-c2ccc(Cn3cc(C(=O)O)c4ccccc43)c(F)c2)cn1. The van der Waals surface area contributed by atoms with Gasteiger partial charge in [-0.25, -0.2) is 35.2 Å². The van der Waals surface area contributed by atoms with E-state index in [2.05, 4.69) is 35.8 Å². The fourth-order valence-corrected chi connectivity index (χ4v) is 18.7. The fraction of sp³-hybridized carbons (Fsp3) is 0.162. The van der Waals surface area contributed by atoms with Crippen molar-refractivity contribution >= 4 is 72.6 Å². The van der Waals surface area contributed by atoms with Crippen molar-refractivity contribution in [3.63, 3.8) is 0 Å². The first-order chi connectivity index (χ1) is 65.7. The van der Waals surface area contributed by atoms with Crippen LogP contribution in [0, 0.1) is 29.1 Å². The molecule has 18 aromatic rings. The van der Waals surface area contributed by atoms with Crippen LogP contribution in [0.2, 0.25) is 0 Å². The van der Waals surface area contributed by atoms with Crippen LogP contribution in [-0.4, -0.2) is 118 Å². The number of rotatable bonds is 21. The highest BCUT2D eigenvalue weighted by atomic mass is 32.2. The number of hydrogen-bond acceptors (Lipinski definition) is 13. The molecule has 3 N–H and O–H groups in total. The first-order valence-electron chi connectivity index (χ1n) is 43.7. The Morgan fingerprint density at radius 2 is 0.809 bits per heavy atom. The maximum atomic E-state index is 15.0. The van der Waals surface area contributed by atoms with Crippen molar-refractivity contribution in [3.8, 4) is 55.6 Å². The van der Waals surface area contributed by atoms with Gasteiger partial charge in [-0.1, -0.05) is 158 Å². The number of carbonyl (C=O) groups excluding carboxylic acids is 2. The number of aromatic nitrogens is 13. The number of aliphatic carboxylic acids is 1. The highest BCUT2D eigenvalue weighted by Crippen LogP contribution is 2.40. The van der Waals surface area contributed by atoms with E-state index in [0.717, 1.165) is 107 Å². The number of sulfonamides is 1. The topological polar surface area (TPSA) is 276 Å². The zero-order valence-corrected chi connectivity index (χ0v) is 75.4. The molecule has 25 nitrogen and oxygen atoms in total. The van der Waals surface area contributed by atoms with Gasteiger partial charge in [-0.15, -0.1) is 0 Å². The molecule has 31 heteroatoms. The molecule has 3 aliphatic heterocycles. The van der Waals surface area contributed by atoms with Crippen LogP contribution in [0.4, 0.5) is 39.0 Å². The van der Waals surface area contributed by atoms with Crippen LogP contribution in [0.5, 0.6) is 0 Å². The molecule has 0 aliphatic carbocycles. The summed E-state index contributed by atoms with van der Waals surface area (Å²) >= 11 is 0. The molecule has 1 atom stereocenters. The molecule has 0 radical (unpaired) electrons. The van der Waals surface area contributed by atoms with Gasteiger partial charge in [0.2, 0.25) is 15.9 Å². The number of aryl methyl sites for hydroxylation is 6. The predicted octanol–water partition coefficient (Wildman–Crippen LogP) is 18.7. The van der Waals surface area contributed by atoms with Crippen molar-refractivity contribution in [2.45, 2.75) is 63.7 Å². The molecule has 0 bridgehead atoms. The van der Waals surface area contributed by atoms with Crippen LogP contribution >= 0.6 is 0 Å². The summed E-state index contributed by atoms with van der Waals surface area (Å²) in [4.78, 5) is 56.2. The molecule has 0 fully saturated rings. The Morgan fingerprint density at radius 3 is 1.25 bits per heavy atom. The third-order valence-corrected chi connectivity index (χ3v) is 25.7. The summed E-state index contributed by atoms with van der Waals surface area (Å²) in [5, 5.41) is 43.9. The summed E-state index contributed by atoms with van der Waals surface area (Å²) in [7, 11) is 5.62. The Morgan fingerprint density at radius 1 is 0.412 bits per heavy atom. The number of anilines is 3. The van der Waals surface area contributed by atoms with Gasteiger partial charge in [0, 0.05) is 212 Å². The fourth-order valence-electron chi connectivity index (χ4n) is 17.1. The normalized spacial score (nSPS) is 13.3. The maximum absolute atomic E-state index is 15.0. The monoisotopic (exact) mass is 1850 g/mol. The third kappa shape index (κ3) is 20.6. The van der Waals surface area contributed by atoms with E-state index >= 15 is 0 Å². The van der Waals surface area contributed by atoms with E-state index < -0.39 is 33.7 Å². The van der Waals surface area contributed by atoms with E-state index in [1.807, 2.05) is 190 Å². The average molecular weight is 1850 g/mol. The van der Waals surface area contributed by atoms with Crippen molar-refractivity contribution < 1.29 is 59.8 Å². The summed E-state index contributed by atoms with van der Waals surface area (Å²) in [6.07, 6.45) is 24.6. The first-order valence-corrected chi connectivity index (χ1v) is 45.3. The van der Waals surface area contributed by atoms with Crippen molar-refractivity contribution in [3.05, 3.63) is 401 Å². The molecule has 0 saturated carbocycles. The quantitative estimate of drug-likeness (QED) is 0.0564. The van der Waals surface area contributed by atoms with Gasteiger partial charge in [0.1, 0.15) is 35.0 Å². The lowest BCUT2D eigenvalue weighted by Crippen LogP contribution is -2.34. The van der Waals surface area contributed by atoms with Crippen LogP contribution in [0.3, 0.4) is 0 Å². The Balaban J connectivity index is 0.000000119. The Kier molecular flexibility index (Phi) is 26.9. The zero-order valence-electron chi connectivity index (χ0n) is 74.6. The van der Waals surface area contributed by atoms with Crippen LogP contribution < -0.4 is 19.4 Å². The molecule has 0 saturated heterocycles. The van der Waals surface area contributed by atoms with Gasteiger partial charge in [0.05, 0.1) is 79.7 Å². The Bertz CT molecular complexity index is 7630. The minimum absolute atomic E-state index is 0.0154. The van der Waals surface area contributed by atoms with Crippen LogP contribution in [-0.2, 0) is 106 Å². The van der Waals surface area contributed by atoms with E-state index in [4.69, 9.17) is 0 Å². The van der Waals surface area contributed by atoms with Crippen LogP contribution in [0.25, 0.3) is 77.4 Å². The second kappa shape index (κ2) is 39.9. The van der Waals surface area contributed by atoms with Crippen LogP contribution in [0.15, 0.2) is 311 Å². The number of carbonyl (C=O) groups is 4. The molecule has 2 amide bonds. The molecular weight excluding hydrogens is 1750 g/mol. The minimum atomic E-state index is -3.47. The van der Waals surface area contributed by atoms with Gasteiger partial charge in [-0.2, -0.15) is 25.5 Å². The number of carboxylic acid groups (broad SMARTS) is 2. The van der Waals surface area contributed by atoms with E-state index in [0.29, 0.717) is 89.0 Å². The van der Waals surface area contributed by atoms with E-state index in [1.165, 1.54) is 34.6 Å². The van der Waals surface area contributed by atoms with Crippen molar-refractivity contribution in [1.82, 2.24) is 68.3 Å². The molecule has 686 valence electrons. The van der Waals surface area contributed by atoms with Gasteiger partial charge in [0.15, 0.2) is 0 Å². The molecule has 11 heterocycles. The van der Waals surface area contributed by atoms with E-state index in [9.17, 15) is 59.8 Å². The lowest BCUT2D eigenvalue weighted by atomic mass is 10.00. The zero-order chi connectivity index (χ0) is 95.0. The largest absolute Gasteiger partial charge is 0.481 e. The van der Waals surface area contributed by atoms with Gasteiger partial charge in [-0.05, 0) is 124 Å². The molecule has 1 unspecified atom stereocenters. The molecule has 0 spiro atoms. The standard InChI is InChI=1S/C27H24FN5O.C20H18FN3O2.C20H16FN3O2.C20H18FN3O.C18H16FN3O2S/c1-32-16-21(15-31-32)19-9-10-20(25(28)14-19)17-33-18-24(23-7-2-3-8-26(23)33)27(34)30-13-11-22-6-4-5-12-29-22;2*1-23-10-15(9-22-23)13-6-7-14(18(21)8-13)11-24-12-17(20(25)26)16-4-2-3-5-19(16)24;1-23-12-17(11-22-23)15-6-7-16(18(21)10-15)13-24-19-5-3-2-4-14(19)8-9-20(24)25;1-21-10-16(9-20-21)13-6-7-14(17(19)8-13)11-22-18-5-3-2-4-15(18)12-25(22,23)24/h2-10,12,14-16,18H,11,13,17H2,1H3,(H,30,34);2-10,17H,11-12H2,1H3,(H,25,26);2-10,12H,11H2,1H3,(H,25,26);2-7,10-12H,8-9,13H2,1H3;2-10H,11-12H2,1H3. The van der Waals surface area contributed by atoms with Gasteiger partial charge < -0.3 is 34.5 Å². The maximum Gasteiger partial charge on any atom is 0.337 e. The van der Waals surface area contributed by atoms with Crippen molar-refractivity contribution in [2.24, 2.45) is 35.2 Å². The number of amides is 2. The number of pyridine rings is 1. The van der Waals surface area contributed by atoms with Gasteiger partial charge >= 0.3 is 11.9 Å². The predicted molar refractivity (Wildman–Crippen MR) is 511 cm³/mol. The van der Waals surface area contributed by atoms with Gasteiger partial charge in [-0.3, -0.25) is 47.1 Å². The second-order valence-electron chi connectivity index (χ2n) is 33.4. The van der Waals surface area contributed by atoms with Crippen molar-refractivity contribution in [2.75, 3.05) is 27.2 Å². The summed E-state index contributed by atoms with van der Waals surface area (Å²) in [6, 6.07) is 68.4. The smallest absolute Gasteiger partial charge is 0.337 e. The molecule has 3 aliphatic rings. The van der Waals surface area contributed by atoms with E-state index in [1.54, 1.807) is 168 Å². The number of para-hydroxylation sites is 5. The lowest BCUT2D eigenvalue weighted by molar-refractivity contribution is -0.138. The Labute approximate surface area is 779 Å². The van der Waals surface area contributed by atoms with Gasteiger partial charge in [0.25, 0.3) is 5.91 Å². The number of halogens is 5. The minimum Gasteiger partial charge on any atom is -0.481 e. The molecule has 136 heavy (non-hydrogen) atoms. The first kappa shape index (κ1) is 91.5. The number of hydrogen-bond donors (Lipinski definition) is 3.